The third kappa shape index (κ3) is 3.77. The van der Waals surface area contributed by atoms with Crippen LogP contribution in [0.3, 0.4) is 0 Å². The van der Waals surface area contributed by atoms with Gasteiger partial charge in [-0.2, -0.15) is 11.3 Å². The molecule has 1 aromatic heterocycles. The summed E-state index contributed by atoms with van der Waals surface area (Å²) in [4.78, 5) is 6.32. The predicted molar refractivity (Wildman–Crippen MR) is 88.8 cm³/mol. The molecule has 0 aromatic carbocycles. The van der Waals surface area contributed by atoms with Crippen LogP contribution in [0.2, 0.25) is 0 Å². The third-order valence-corrected chi connectivity index (χ3v) is 7.10. The van der Waals surface area contributed by atoms with E-state index in [-0.39, 0.29) is 5.75 Å². The first kappa shape index (κ1) is 16.3. The van der Waals surface area contributed by atoms with Crippen molar-refractivity contribution >= 4 is 27.1 Å². The fourth-order valence-electron chi connectivity index (χ4n) is 2.41. The molecule has 1 N–H and O–H groups in total. The van der Waals surface area contributed by atoms with Gasteiger partial charge in [0.2, 0.25) is 0 Å². The standard InChI is InChI=1S/C14H23N3O2S2/c1-14(2)11-17(7-9-21(14,18)19)13(15-3)16-6-4-12-5-8-20-10-12/h5,8,10H,4,6-7,9,11H2,1-3H3,(H,15,16). The second-order valence-corrected chi connectivity index (χ2v) is 9.38. The van der Waals surface area contributed by atoms with Crippen LogP contribution in [0.1, 0.15) is 19.4 Å². The van der Waals surface area contributed by atoms with Gasteiger partial charge in [0.1, 0.15) is 0 Å². The molecule has 1 saturated heterocycles. The van der Waals surface area contributed by atoms with Gasteiger partial charge in [-0.1, -0.05) is 0 Å². The number of guanidine groups is 1. The lowest BCUT2D eigenvalue weighted by Crippen LogP contribution is -2.57. The Kier molecular flexibility index (Phi) is 4.93. The lowest BCUT2D eigenvalue weighted by Gasteiger charge is -2.39. The van der Waals surface area contributed by atoms with Crippen LogP contribution in [0.25, 0.3) is 0 Å². The van der Waals surface area contributed by atoms with Crippen molar-refractivity contribution in [3.05, 3.63) is 22.4 Å². The Labute approximate surface area is 131 Å². The van der Waals surface area contributed by atoms with Crippen LogP contribution in [0.4, 0.5) is 0 Å². The molecule has 7 heteroatoms. The van der Waals surface area contributed by atoms with E-state index >= 15 is 0 Å². The summed E-state index contributed by atoms with van der Waals surface area (Å²) in [6, 6.07) is 2.12. The van der Waals surface area contributed by atoms with E-state index in [1.165, 1.54) is 5.56 Å². The van der Waals surface area contributed by atoms with E-state index in [9.17, 15) is 8.42 Å². The van der Waals surface area contributed by atoms with Crippen molar-refractivity contribution in [2.45, 2.75) is 25.0 Å². The quantitative estimate of drug-likeness (QED) is 0.672. The van der Waals surface area contributed by atoms with E-state index in [0.717, 1.165) is 18.9 Å². The minimum atomic E-state index is -3.01. The molecule has 0 amide bonds. The summed E-state index contributed by atoms with van der Waals surface area (Å²) in [5.74, 6) is 0.971. The number of nitrogens with one attached hydrogen (secondary N) is 1. The zero-order chi connectivity index (χ0) is 15.5. The van der Waals surface area contributed by atoms with Crippen molar-refractivity contribution in [2.24, 2.45) is 4.99 Å². The summed E-state index contributed by atoms with van der Waals surface area (Å²) in [6.45, 7) is 5.35. The summed E-state index contributed by atoms with van der Waals surface area (Å²) in [5.41, 5.74) is 1.31. The van der Waals surface area contributed by atoms with Crippen molar-refractivity contribution in [3.63, 3.8) is 0 Å². The lowest BCUT2D eigenvalue weighted by atomic mass is 10.2. The van der Waals surface area contributed by atoms with Gasteiger partial charge in [0.05, 0.1) is 10.5 Å². The highest BCUT2D eigenvalue weighted by Crippen LogP contribution is 2.23. The summed E-state index contributed by atoms with van der Waals surface area (Å²) >= 11 is 1.70. The van der Waals surface area contributed by atoms with Gasteiger partial charge in [-0.3, -0.25) is 4.99 Å². The van der Waals surface area contributed by atoms with Gasteiger partial charge >= 0.3 is 0 Å². The Bertz CT molecular complexity index is 592. The summed E-state index contributed by atoms with van der Waals surface area (Å²) in [5, 5.41) is 7.54. The molecule has 0 radical (unpaired) electrons. The van der Waals surface area contributed by atoms with Gasteiger partial charge in [-0.25, -0.2) is 8.42 Å². The third-order valence-electron chi connectivity index (χ3n) is 3.83. The average molecular weight is 329 g/mol. The van der Waals surface area contributed by atoms with Gasteiger partial charge in [-0.15, -0.1) is 0 Å². The normalized spacial score (nSPS) is 21.3. The largest absolute Gasteiger partial charge is 0.356 e. The summed E-state index contributed by atoms with van der Waals surface area (Å²) in [7, 11) is -1.28. The molecule has 5 nitrogen and oxygen atoms in total. The van der Waals surface area contributed by atoms with Crippen molar-refractivity contribution in [3.8, 4) is 0 Å². The number of thiophene rings is 1. The van der Waals surface area contributed by atoms with Gasteiger partial charge in [-0.05, 0) is 42.7 Å². The molecule has 1 fully saturated rings. The summed E-state index contributed by atoms with van der Waals surface area (Å²) in [6.07, 6.45) is 0.943. The first-order chi connectivity index (χ1) is 9.86. The van der Waals surface area contributed by atoms with Gasteiger partial charge in [0, 0.05) is 26.7 Å². The van der Waals surface area contributed by atoms with E-state index in [2.05, 4.69) is 27.1 Å². The second kappa shape index (κ2) is 6.36. The maximum Gasteiger partial charge on any atom is 0.193 e. The second-order valence-electron chi connectivity index (χ2n) is 5.86. The maximum absolute atomic E-state index is 12.0. The van der Waals surface area contributed by atoms with E-state index in [1.54, 1.807) is 32.2 Å². The zero-order valence-corrected chi connectivity index (χ0v) is 14.4. The van der Waals surface area contributed by atoms with E-state index < -0.39 is 14.6 Å². The Morgan fingerprint density at radius 3 is 2.86 bits per heavy atom. The number of hydrogen-bond donors (Lipinski definition) is 1. The average Bonchev–Trinajstić information content (AvgIpc) is 2.91. The molecule has 0 unspecified atom stereocenters. The number of nitrogens with zero attached hydrogens (tertiary/aromatic N) is 2. The fourth-order valence-corrected chi connectivity index (χ4v) is 4.48. The van der Waals surface area contributed by atoms with E-state index in [1.807, 2.05) is 4.90 Å². The predicted octanol–water partition coefficient (Wildman–Crippen LogP) is 1.38. The molecule has 118 valence electrons. The minimum absolute atomic E-state index is 0.186. The van der Waals surface area contributed by atoms with Crippen LogP contribution in [0.15, 0.2) is 21.8 Å². The van der Waals surface area contributed by atoms with Crippen LogP contribution in [0.5, 0.6) is 0 Å². The van der Waals surface area contributed by atoms with E-state index in [4.69, 9.17) is 0 Å². The smallest absolute Gasteiger partial charge is 0.193 e. The maximum atomic E-state index is 12.0. The Balaban J connectivity index is 1.93. The molecule has 2 heterocycles. The van der Waals surface area contributed by atoms with Crippen molar-refractivity contribution in [1.82, 2.24) is 10.2 Å². The van der Waals surface area contributed by atoms with Gasteiger partial charge in [0.25, 0.3) is 0 Å². The Hall–Kier alpha value is -1.08. The van der Waals surface area contributed by atoms with Crippen molar-refractivity contribution in [1.29, 1.82) is 0 Å². The fraction of sp³-hybridized carbons (Fsp3) is 0.643. The van der Waals surface area contributed by atoms with Crippen molar-refractivity contribution in [2.75, 3.05) is 32.4 Å². The highest BCUT2D eigenvalue weighted by molar-refractivity contribution is 7.92. The van der Waals surface area contributed by atoms with Crippen LogP contribution in [-0.2, 0) is 16.3 Å². The molecule has 1 aromatic rings. The molecular weight excluding hydrogens is 306 g/mol. The zero-order valence-electron chi connectivity index (χ0n) is 12.8. The first-order valence-corrected chi connectivity index (χ1v) is 9.64. The SMILES string of the molecule is CN=C(NCCc1ccsc1)N1CCS(=O)(=O)C(C)(C)C1. The van der Waals surface area contributed by atoms with Crippen molar-refractivity contribution < 1.29 is 8.42 Å². The molecule has 1 aliphatic rings. The Morgan fingerprint density at radius 1 is 1.52 bits per heavy atom. The van der Waals surface area contributed by atoms with E-state index in [0.29, 0.717) is 13.1 Å². The molecule has 1 aliphatic heterocycles. The van der Waals surface area contributed by atoms with Crippen LogP contribution < -0.4 is 5.32 Å². The van der Waals surface area contributed by atoms with Crippen LogP contribution in [0, 0.1) is 0 Å². The molecule has 0 saturated carbocycles. The van der Waals surface area contributed by atoms with Gasteiger partial charge in [0.15, 0.2) is 15.8 Å². The van der Waals surface area contributed by atoms with Gasteiger partial charge < -0.3 is 10.2 Å². The molecule has 2 rings (SSSR count). The number of aliphatic imine (C=N–C) groups is 1. The number of hydrogen-bond acceptors (Lipinski definition) is 4. The topological polar surface area (TPSA) is 61.8 Å². The summed E-state index contributed by atoms with van der Waals surface area (Å²) < 4.78 is 23.4. The molecule has 0 aliphatic carbocycles. The lowest BCUT2D eigenvalue weighted by molar-refractivity contribution is 0.353. The molecule has 21 heavy (non-hydrogen) atoms. The number of sulfone groups is 1. The monoisotopic (exact) mass is 329 g/mol. The minimum Gasteiger partial charge on any atom is -0.356 e. The van der Waals surface area contributed by atoms with Crippen LogP contribution in [-0.4, -0.2) is 56.5 Å². The highest BCUT2D eigenvalue weighted by Gasteiger charge is 2.40. The molecule has 0 bridgehead atoms. The number of rotatable bonds is 3. The molecule has 0 atom stereocenters. The van der Waals surface area contributed by atoms with Crippen LogP contribution >= 0.6 is 11.3 Å². The molecule has 0 spiro atoms. The molecular formula is C14H23N3O2S2. The Morgan fingerprint density at radius 2 is 2.29 bits per heavy atom. The first-order valence-electron chi connectivity index (χ1n) is 7.05. The highest BCUT2D eigenvalue weighted by atomic mass is 32.2.